The standard InChI is InChI=1S/C25H28N4S/c1-5-19-15-30-25-27-23(21-13-9-10-14-26-21)24(29(19)25)22-16(2)17(3)28(18(22)4)20-11-7-6-8-12-20/h6-14,19,23-24H,5,15H2,1-4H3/t19-,23-,24-/m1/s1. The average molecular weight is 417 g/mol. The second-order valence-electron chi connectivity index (χ2n) is 8.22. The summed E-state index contributed by atoms with van der Waals surface area (Å²) < 4.78 is 2.41. The molecule has 154 valence electrons. The molecule has 3 aromatic rings. The number of thioether (sulfide) groups is 1. The lowest BCUT2D eigenvalue weighted by atomic mass is 9.92. The van der Waals surface area contributed by atoms with E-state index in [1.54, 1.807) is 0 Å². The number of nitrogens with zero attached hydrogens (tertiary/aromatic N) is 4. The largest absolute Gasteiger partial charge is 0.338 e. The highest BCUT2D eigenvalue weighted by Gasteiger charge is 2.47. The first-order valence-electron chi connectivity index (χ1n) is 10.8. The van der Waals surface area contributed by atoms with Gasteiger partial charge in [0, 0.05) is 40.6 Å². The van der Waals surface area contributed by atoms with E-state index in [9.17, 15) is 0 Å². The maximum absolute atomic E-state index is 5.20. The van der Waals surface area contributed by atoms with Crippen LogP contribution in [0.2, 0.25) is 0 Å². The van der Waals surface area contributed by atoms with Gasteiger partial charge in [-0.05, 0) is 57.0 Å². The number of aromatic nitrogens is 2. The molecule has 2 aliphatic heterocycles. The lowest BCUT2D eigenvalue weighted by Gasteiger charge is -2.32. The molecule has 30 heavy (non-hydrogen) atoms. The van der Waals surface area contributed by atoms with E-state index in [1.165, 1.54) is 33.4 Å². The summed E-state index contributed by atoms with van der Waals surface area (Å²) >= 11 is 1.90. The van der Waals surface area contributed by atoms with Gasteiger partial charge in [0.2, 0.25) is 0 Å². The fourth-order valence-electron chi connectivity index (χ4n) is 5.07. The molecule has 0 saturated carbocycles. The molecule has 0 unspecified atom stereocenters. The number of pyridine rings is 1. The number of hydrogen-bond donors (Lipinski definition) is 0. The van der Waals surface area contributed by atoms with E-state index in [0.29, 0.717) is 6.04 Å². The highest BCUT2D eigenvalue weighted by Crippen LogP contribution is 2.50. The minimum Gasteiger partial charge on any atom is -0.338 e. The Morgan fingerprint density at radius 2 is 1.77 bits per heavy atom. The van der Waals surface area contributed by atoms with Crippen LogP contribution in [-0.4, -0.2) is 31.4 Å². The Bertz CT molecular complexity index is 1090. The zero-order valence-corrected chi connectivity index (χ0v) is 18.9. The molecule has 2 aromatic heterocycles. The van der Waals surface area contributed by atoms with Crippen LogP contribution >= 0.6 is 11.8 Å². The third-order valence-electron chi connectivity index (χ3n) is 6.65. The van der Waals surface area contributed by atoms with Crippen molar-refractivity contribution in [3.05, 3.63) is 82.9 Å². The summed E-state index contributed by atoms with van der Waals surface area (Å²) in [4.78, 5) is 12.5. The summed E-state index contributed by atoms with van der Waals surface area (Å²) in [6, 6.07) is 17.6. The van der Waals surface area contributed by atoms with Crippen molar-refractivity contribution in [3.63, 3.8) is 0 Å². The smallest absolute Gasteiger partial charge is 0.160 e. The molecule has 0 amide bonds. The Labute approximate surface area is 183 Å². The van der Waals surface area contributed by atoms with Crippen LogP contribution in [0.4, 0.5) is 0 Å². The van der Waals surface area contributed by atoms with Gasteiger partial charge in [0.25, 0.3) is 0 Å². The number of amidine groups is 1. The third kappa shape index (κ3) is 2.90. The molecule has 0 bridgehead atoms. The Morgan fingerprint density at radius 1 is 1.00 bits per heavy atom. The molecular formula is C25H28N4S. The molecule has 1 saturated heterocycles. The van der Waals surface area contributed by atoms with Crippen LogP contribution in [0.15, 0.2) is 59.7 Å². The molecule has 3 atom stereocenters. The van der Waals surface area contributed by atoms with Crippen molar-refractivity contribution in [2.75, 3.05) is 5.75 Å². The van der Waals surface area contributed by atoms with E-state index < -0.39 is 0 Å². The Balaban J connectivity index is 1.69. The molecule has 4 nitrogen and oxygen atoms in total. The van der Waals surface area contributed by atoms with E-state index in [2.05, 4.69) is 79.6 Å². The van der Waals surface area contributed by atoms with Gasteiger partial charge in [0.15, 0.2) is 5.17 Å². The highest BCUT2D eigenvalue weighted by molar-refractivity contribution is 8.14. The van der Waals surface area contributed by atoms with E-state index >= 15 is 0 Å². The van der Waals surface area contributed by atoms with Crippen LogP contribution in [0.1, 0.15) is 53.6 Å². The number of benzene rings is 1. The number of rotatable bonds is 4. The van der Waals surface area contributed by atoms with Crippen molar-refractivity contribution < 1.29 is 0 Å². The van der Waals surface area contributed by atoms with Crippen LogP contribution in [0.3, 0.4) is 0 Å². The van der Waals surface area contributed by atoms with Crippen LogP contribution in [-0.2, 0) is 0 Å². The summed E-state index contributed by atoms with van der Waals surface area (Å²) in [5, 5.41) is 1.19. The molecule has 5 rings (SSSR count). The predicted molar refractivity (Wildman–Crippen MR) is 126 cm³/mol. The number of para-hydroxylation sites is 1. The van der Waals surface area contributed by atoms with Gasteiger partial charge in [-0.3, -0.25) is 9.98 Å². The van der Waals surface area contributed by atoms with Crippen molar-refractivity contribution >= 4 is 16.9 Å². The first-order valence-corrected chi connectivity index (χ1v) is 11.7. The summed E-state index contributed by atoms with van der Waals surface area (Å²) in [6.45, 7) is 9.06. The molecular weight excluding hydrogens is 388 g/mol. The Morgan fingerprint density at radius 3 is 2.47 bits per heavy atom. The molecule has 0 spiro atoms. The van der Waals surface area contributed by atoms with Crippen LogP contribution in [0.5, 0.6) is 0 Å². The summed E-state index contributed by atoms with van der Waals surface area (Å²) in [5.41, 5.74) is 7.67. The Hall–Kier alpha value is -2.53. The van der Waals surface area contributed by atoms with Gasteiger partial charge in [0.1, 0.15) is 6.04 Å². The van der Waals surface area contributed by atoms with E-state index in [-0.39, 0.29) is 12.1 Å². The number of hydrogen-bond acceptors (Lipinski definition) is 4. The second-order valence-corrected chi connectivity index (χ2v) is 9.20. The van der Waals surface area contributed by atoms with Gasteiger partial charge in [-0.2, -0.15) is 0 Å². The van der Waals surface area contributed by atoms with Gasteiger partial charge in [0.05, 0.1) is 11.7 Å². The maximum Gasteiger partial charge on any atom is 0.160 e. The quantitative estimate of drug-likeness (QED) is 0.541. The summed E-state index contributed by atoms with van der Waals surface area (Å²) in [5.74, 6) is 1.12. The van der Waals surface area contributed by atoms with Crippen molar-refractivity contribution in [3.8, 4) is 5.69 Å². The molecule has 2 aliphatic rings. The summed E-state index contributed by atoms with van der Waals surface area (Å²) in [7, 11) is 0. The molecule has 0 radical (unpaired) electrons. The fourth-order valence-corrected chi connectivity index (χ4v) is 6.41. The Kier molecular flexibility index (Phi) is 4.94. The minimum absolute atomic E-state index is 0.0338. The molecule has 5 heteroatoms. The average Bonchev–Trinajstić information content (AvgIpc) is 3.41. The summed E-state index contributed by atoms with van der Waals surface area (Å²) in [6.07, 6.45) is 3.02. The maximum atomic E-state index is 5.20. The monoisotopic (exact) mass is 416 g/mol. The van der Waals surface area contributed by atoms with E-state index in [4.69, 9.17) is 9.98 Å². The van der Waals surface area contributed by atoms with Gasteiger partial charge in [-0.15, -0.1) is 0 Å². The molecule has 0 N–H and O–H groups in total. The first kappa shape index (κ1) is 19.4. The minimum atomic E-state index is 0.0338. The molecule has 0 aliphatic carbocycles. The zero-order chi connectivity index (χ0) is 20.8. The SMILES string of the molecule is CC[C@@H]1CSC2=N[C@H](c3ccccn3)[C@@H](c3c(C)c(C)n(-c4ccccc4)c3C)N21. The normalized spacial score (nSPS) is 23.0. The molecule has 1 fully saturated rings. The van der Waals surface area contributed by atoms with Crippen molar-refractivity contribution in [1.29, 1.82) is 0 Å². The fraction of sp³-hybridized carbons (Fsp3) is 0.360. The number of fused-ring (bicyclic) bond motifs is 1. The van der Waals surface area contributed by atoms with Gasteiger partial charge in [-0.1, -0.05) is 43.0 Å². The topological polar surface area (TPSA) is 33.4 Å². The van der Waals surface area contributed by atoms with Crippen LogP contribution in [0, 0.1) is 20.8 Å². The first-order chi connectivity index (χ1) is 14.6. The van der Waals surface area contributed by atoms with Crippen LogP contribution in [0.25, 0.3) is 5.69 Å². The second kappa shape index (κ2) is 7.62. The number of aliphatic imine (C=N–C) groups is 1. The zero-order valence-electron chi connectivity index (χ0n) is 18.0. The van der Waals surface area contributed by atoms with Crippen molar-refractivity contribution in [2.24, 2.45) is 4.99 Å². The predicted octanol–water partition coefficient (Wildman–Crippen LogP) is 5.78. The lowest BCUT2D eigenvalue weighted by Crippen LogP contribution is -2.35. The van der Waals surface area contributed by atoms with Gasteiger partial charge in [-0.25, -0.2) is 0 Å². The highest BCUT2D eigenvalue weighted by atomic mass is 32.2. The van der Waals surface area contributed by atoms with Crippen molar-refractivity contribution in [2.45, 2.75) is 52.2 Å². The third-order valence-corrected chi connectivity index (χ3v) is 7.77. The van der Waals surface area contributed by atoms with E-state index in [1.807, 2.05) is 24.0 Å². The molecule has 1 aromatic carbocycles. The lowest BCUT2D eigenvalue weighted by molar-refractivity contribution is 0.254. The molecule has 4 heterocycles. The van der Waals surface area contributed by atoms with Gasteiger partial charge >= 0.3 is 0 Å². The van der Waals surface area contributed by atoms with Crippen molar-refractivity contribution in [1.82, 2.24) is 14.5 Å². The van der Waals surface area contributed by atoms with Crippen LogP contribution < -0.4 is 0 Å². The van der Waals surface area contributed by atoms with E-state index in [0.717, 1.165) is 17.9 Å². The van der Waals surface area contributed by atoms with Gasteiger partial charge < -0.3 is 9.47 Å².